The van der Waals surface area contributed by atoms with E-state index in [9.17, 15) is 4.79 Å². The van der Waals surface area contributed by atoms with Crippen LogP contribution >= 0.6 is 0 Å². The van der Waals surface area contributed by atoms with E-state index >= 15 is 0 Å². The summed E-state index contributed by atoms with van der Waals surface area (Å²) in [4.78, 5) is 13.7. The fourth-order valence-corrected chi connectivity index (χ4v) is 2.85. The predicted octanol–water partition coefficient (Wildman–Crippen LogP) is 2.72. The van der Waals surface area contributed by atoms with E-state index in [4.69, 9.17) is 0 Å². The number of rotatable bonds is 2. The molecule has 1 aromatic carbocycles. The van der Waals surface area contributed by atoms with Crippen LogP contribution in [0.15, 0.2) is 42.1 Å². The van der Waals surface area contributed by atoms with Crippen LogP contribution in [0.3, 0.4) is 0 Å². The smallest absolute Gasteiger partial charge is 0.157 e. The van der Waals surface area contributed by atoms with Crippen LogP contribution in [0.4, 0.5) is 0 Å². The number of nitrogens with zero attached hydrogens (tertiary/aromatic N) is 1. The van der Waals surface area contributed by atoms with Gasteiger partial charge in [0.05, 0.1) is 0 Å². The maximum atomic E-state index is 11.3. The Morgan fingerprint density at radius 2 is 1.94 bits per heavy atom. The molecular formula is C15H17NO. The van der Waals surface area contributed by atoms with Crippen LogP contribution in [-0.4, -0.2) is 23.8 Å². The molecule has 0 radical (unpaired) electrons. The molecule has 1 aromatic rings. The van der Waals surface area contributed by atoms with Crippen LogP contribution in [0.1, 0.15) is 30.7 Å². The number of hydrogen-bond acceptors (Lipinski definition) is 2. The highest BCUT2D eigenvalue weighted by atomic mass is 16.1. The zero-order chi connectivity index (χ0) is 11.7. The first kappa shape index (κ1) is 10.6. The zero-order valence-corrected chi connectivity index (χ0v) is 9.93. The lowest BCUT2D eigenvalue weighted by Gasteiger charge is -2.19. The van der Waals surface area contributed by atoms with E-state index in [0.717, 1.165) is 19.5 Å². The molecule has 2 nitrogen and oxygen atoms in total. The molecule has 2 aliphatic rings. The van der Waals surface area contributed by atoms with Gasteiger partial charge in [-0.3, -0.25) is 4.79 Å². The van der Waals surface area contributed by atoms with Crippen molar-refractivity contribution in [1.82, 2.24) is 4.90 Å². The minimum absolute atomic E-state index is 0.295. The fourth-order valence-electron chi connectivity index (χ4n) is 2.85. The molecule has 1 aliphatic heterocycles. The second-order valence-corrected chi connectivity index (χ2v) is 4.94. The van der Waals surface area contributed by atoms with Gasteiger partial charge in [0.25, 0.3) is 0 Å². The van der Waals surface area contributed by atoms with Crippen LogP contribution in [0.2, 0.25) is 0 Å². The third kappa shape index (κ3) is 2.12. The first-order chi connectivity index (χ1) is 8.33. The van der Waals surface area contributed by atoms with Crippen LogP contribution in [0.25, 0.3) is 0 Å². The van der Waals surface area contributed by atoms with E-state index in [2.05, 4.69) is 35.2 Å². The molecule has 1 unspecified atom stereocenters. The van der Waals surface area contributed by atoms with Crippen molar-refractivity contribution in [2.45, 2.75) is 25.2 Å². The van der Waals surface area contributed by atoms with Gasteiger partial charge in [0.15, 0.2) is 5.78 Å². The molecule has 0 bridgehead atoms. The van der Waals surface area contributed by atoms with Crippen LogP contribution < -0.4 is 0 Å². The second kappa shape index (κ2) is 4.36. The zero-order valence-electron chi connectivity index (χ0n) is 9.93. The molecule has 88 valence electrons. The molecule has 1 fully saturated rings. The Kier molecular flexibility index (Phi) is 2.71. The predicted molar refractivity (Wildman–Crippen MR) is 67.7 cm³/mol. The third-order valence-corrected chi connectivity index (χ3v) is 3.82. The summed E-state index contributed by atoms with van der Waals surface area (Å²) in [6, 6.07) is 10.7. The van der Waals surface area contributed by atoms with Gasteiger partial charge in [-0.25, -0.2) is 0 Å². The average molecular weight is 227 g/mol. The van der Waals surface area contributed by atoms with Crippen LogP contribution in [0.5, 0.6) is 0 Å². The van der Waals surface area contributed by atoms with Crippen LogP contribution in [-0.2, 0) is 4.79 Å². The molecule has 1 aliphatic carbocycles. The highest BCUT2D eigenvalue weighted by molar-refractivity contribution is 5.92. The molecule has 0 spiro atoms. The third-order valence-electron chi connectivity index (χ3n) is 3.82. The number of carbonyl (C=O) groups is 1. The van der Waals surface area contributed by atoms with Crippen molar-refractivity contribution in [1.29, 1.82) is 0 Å². The number of allylic oxidation sites excluding steroid dienone is 2. The van der Waals surface area contributed by atoms with Gasteiger partial charge in [0.2, 0.25) is 0 Å². The van der Waals surface area contributed by atoms with Crippen molar-refractivity contribution < 1.29 is 4.79 Å². The minimum Gasteiger partial charge on any atom is -0.374 e. The molecule has 3 rings (SSSR count). The van der Waals surface area contributed by atoms with E-state index in [0.29, 0.717) is 18.1 Å². The monoisotopic (exact) mass is 227 g/mol. The van der Waals surface area contributed by atoms with Gasteiger partial charge < -0.3 is 4.90 Å². The Hall–Kier alpha value is -1.57. The summed E-state index contributed by atoms with van der Waals surface area (Å²) < 4.78 is 0. The lowest BCUT2D eigenvalue weighted by Crippen LogP contribution is -2.18. The SMILES string of the molecule is O=C1C=C(N2CCC(c3ccccc3)C2)CC1. The van der Waals surface area contributed by atoms with Crippen molar-refractivity contribution in [2.24, 2.45) is 0 Å². The summed E-state index contributed by atoms with van der Waals surface area (Å²) in [7, 11) is 0. The Balaban J connectivity index is 1.70. The summed E-state index contributed by atoms with van der Waals surface area (Å²) in [5.41, 5.74) is 2.69. The number of likely N-dealkylation sites (tertiary alicyclic amines) is 1. The first-order valence-electron chi connectivity index (χ1n) is 6.36. The lowest BCUT2D eigenvalue weighted by atomic mass is 9.99. The van der Waals surface area contributed by atoms with Crippen molar-refractivity contribution in [3.8, 4) is 0 Å². The number of carbonyl (C=O) groups excluding carboxylic acids is 1. The standard InChI is InChI=1S/C15H17NO/c17-15-7-6-14(10-15)16-9-8-13(11-16)12-4-2-1-3-5-12/h1-5,10,13H,6-9,11H2. The van der Waals surface area contributed by atoms with Crippen molar-refractivity contribution in [2.75, 3.05) is 13.1 Å². The summed E-state index contributed by atoms with van der Waals surface area (Å²) in [6.07, 6.45) is 4.70. The molecular weight excluding hydrogens is 210 g/mol. The van der Waals surface area contributed by atoms with E-state index in [1.54, 1.807) is 0 Å². The summed E-state index contributed by atoms with van der Waals surface area (Å²) in [5.74, 6) is 0.927. The topological polar surface area (TPSA) is 20.3 Å². The van der Waals surface area contributed by atoms with Crippen molar-refractivity contribution in [3.63, 3.8) is 0 Å². The average Bonchev–Trinajstić information content (AvgIpc) is 2.98. The molecule has 2 heteroatoms. The normalized spacial score (nSPS) is 24.2. The Morgan fingerprint density at radius 3 is 2.65 bits per heavy atom. The van der Waals surface area contributed by atoms with Gasteiger partial charge in [0, 0.05) is 37.2 Å². The van der Waals surface area contributed by atoms with Gasteiger partial charge in [-0.05, 0) is 18.4 Å². The molecule has 0 amide bonds. The Bertz CT molecular complexity index is 449. The Morgan fingerprint density at radius 1 is 1.12 bits per heavy atom. The maximum absolute atomic E-state index is 11.3. The Labute approximate surface area is 102 Å². The van der Waals surface area contributed by atoms with Gasteiger partial charge in [0.1, 0.15) is 0 Å². The lowest BCUT2D eigenvalue weighted by molar-refractivity contribution is -0.114. The molecule has 1 atom stereocenters. The molecule has 0 N–H and O–H groups in total. The molecule has 17 heavy (non-hydrogen) atoms. The van der Waals surface area contributed by atoms with Crippen molar-refractivity contribution in [3.05, 3.63) is 47.7 Å². The van der Waals surface area contributed by atoms with Gasteiger partial charge in [-0.1, -0.05) is 30.3 Å². The summed E-state index contributed by atoms with van der Waals surface area (Å²) in [6.45, 7) is 2.17. The largest absolute Gasteiger partial charge is 0.374 e. The highest BCUT2D eigenvalue weighted by Gasteiger charge is 2.27. The number of hydrogen-bond donors (Lipinski definition) is 0. The van der Waals surface area contributed by atoms with E-state index < -0.39 is 0 Å². The molecule has 1 heterocycles. The fraction of sp³-hybridized carbons (Fsp3) is 0.400. The number of ketones is 1. The quantitative estimate of drug-likeness (QED) is 0.774. The minimum atomic E-state index is 0.295. The van der Waals surface area contributed by atoms with Gasteiger partial charge in [-0.15, -0.1) is 0 Å². The molecule has 0 saturated carbocycles. The highest BCUT2D eigenvalue weighted by Crippen LogP contribution is 2.31. The second-order valence-electron chi connectivity index (χ2n) is 4.94. The summed E-state index contributed by atoms with van der Waals surface area (Å²) >= 11 is 0. The van der Waals surface area contributed by atoms with E-state index in [1.165, 1.54) is 17.7 Å². The van der Waals surface area contributed by atoms with Crippen molar-refractivity contribution >= 4 is 5.78 Å². The van der Waals surface area contributed by atoms with Gasteiger partial charge in [-0.2, -0.15) is 0 Å². The first-order valence-corrected chi connectivity index (χ1v) is 6.36. The van der Waals surface area contributed by atoms with Crippen LogP contribution in [0, 0.1) is 0 Å². The molecule has 1 saturated heterocycles. The van der Waals surface area contributed by atoms with Gasteiger partial charge >= 0.3 is 0 Å². The van der Waals surface area contributed by atoms with E-state index in [-0.39, 0.29) is 0 Å². The maximum Gasteiger partial charge on any atom is 0.157 e. The van der Waals surface area contributed by atoms with E-state index in [1.807, 2.05) is 6.08 Å². The molecule has 0 aromatic heterocycles. The number of benzene rings is 1. The summed E-state index contributed by atoms with van der Waals surface area (Å²) in [5, 5.41) is 0.